The van der Waals surface area contributed by atoms with Crippen LogP contribution >= 0.6 is 0 Å². The Morgan fingerprint density at radius 1 is 1.37 bits per heavy atom. The van der Waals surface area contributed by atoms with E-state index in [2.05, 4.69) is 10.5 Å². The molecule has 0 aromatic rings. The number of nitrogens with zero attached hydrogens (tertiary/aromatic N) is 1. The third kappa shape index (κ3) is 4.46. The van der Waals surface area contributed by atoms with Gasteiger partial charge in [-0.25, -0.2) is 0 Å². The van der Waals surface area contributed by atoms with Gasteiger partial charge in [0, 0.05) is 33.2 Å². The molecule has 0 radical (unpaired) electrons. The molecule has 1 aliphatic carbocycles. The number of methoxy groups -OCH3 is 1. The Morgan fingerprint density at radius 3 is 2.79 bits per heavy atom. The molecule has 0 amide bonds. The molecule has 0 bridgehead atoms. The topological polar surface area (TPSA) is 42.8 Å². The first-order valence-electron chi connectivity index (χ1n) is 7.63. The van der Waals surface area contributed by atoms with Crippen molar-refractivity contribution in [1.29, 1.82) is 0 Å². The van der Waals surface area contributed by atoms with Gasteiger partial charge in [-0.05, 0) is 31.6 Å². The quantitative estimate of drug-likeness (QED) is 0.772. The maximum atomic E-state index is 5.37. The Hall–Kier alpha value is -0.610. The minimum absolute atomic E-state index is 0.239. The van der Waals surface area contributed by atoms with Crippen molar-refractivity contribution in [2.75, 3.05) is 26.8 Å². The SMILES string of the molecule is COCCC1(CNCC2CC(C)=NO2)CCCCC1. The maximum absolute atomic E-state index is 5.37. The van der Waals surface area contributed by atoms with E-state index < -0.39 is 0 Å². The van der Waals surface area contributed by atoms with Gasteiger partial charge in [0.05, 0.1) is 5.71 Å². The first-order chi connectivity index (χ1) is 9.24. The number of hydrogen-bond donors (Lipinski definition) is 1. The zero-order chi connectivity index (χ0) is 13.6. The fraction of sp³-hybridized carbons (Fsp3) is 0.933. The molecule has 4 heteroatoms. The second-order valence-corrected chi connectivity index (χ2v) is 6.19. The summed E-state index contributed by atoms with van der Waals surface area (Å²) in [6.07, 6.45) is 9.20. The molecule has 1 fully saturated rings. The highest BCUT2D eigenvalue weighted by atomic mass is 16.6. The van der Waals surface area contributed by atoms with Gasteiger partial charge in [-0.3, -0.25) is 0 Å². The summed E-state index contributed by atoms with van der Waals surface area (Å²) in [6, 6.07) is 0. The fourth-order valence-electron chi connectivity index (χ4n) is 3.31. The molecule has 110 valence electrons. The maximum Gasteiger partial charge on any atom is 0.145 e. The van der Waals surface area contributed by atoms with E-state index in [9.17, 15) is 0 Å². The van der Waals surface area contributed by atoms with Crippen molar-refractivity contribution < 1.29 is 9.57 Å². The molecule has 0 saturated heterocycles. The predicted octanol–water partition coefficient (Wildman–Crippen LogP) is 2.73. The molecule has 2 rings (SSSR count). The summed E-state index contributed by atoms with van der Waals surface area (Å²) in [5.41, 5.74) is 1.56. The lowest BCUT2D eigenvalue weighted by Gasteiger charge is -2.37. The van der Waals surface area contributed by atoms with E-state index >= 15 is 0 Å². The van der Waals surface area contributed by atoms with Crippen LogP contribution in [0, 0.1) is 5.41 Å². The molecule has 1 aliphatic heterocycles. The molecule has 0 aromatic heterocycles. The summed E-state index contributed by atoms with van der Waals surface area (Å²) in [6.45, 7) is 4.91. The molecule has 1 atom stereocenters. The van der Waals surface area contributed by atoms with Gasteiger partial charge in [0.2, 0.25) is 0 Å². The van der Waals surface area contributed by atoms with E-state index in [1.54, 1.807) is 7.11 Å². The third-order valence-electron chi connectivity index (χ3n) is 4.50. The van der Waals surface area contributed by atoms with Gasteiger partial charge in [0.15, 0.2) is 0 Å². The second-order valence-electron chi connectivity index (χ2n) is 6.19. The molecule has 4 nitrogen and oxygen atoms in total. The fourth-order valence-corrected chi connectivity index (χ4v) is 3.31. The Balaban J connectivity index is 1.73. The average molecular weight is 268 g/mol. The minimum Gasteiger partial charge on any atom is -0.391 e. The summed E-state index contributed by atoms with van der Waals surface area (Å²) in [5, 5.41) is 7.62. The Morgan fingerprint density at radius 2 is 2.16 bits per heavy atom. The van der Waals surface area contributed by atoms with Crippen LogP contribution in [-0.2, 0) is 9.57 Å². The van der Waals surface area contributed by atoms with Crippen LogP contribution in [0.4, 0.5) is 0 Å². The van der Waals surface area contributed by atoms with Crippen molar-refractivity contribution in [2.24, 2.45) is 10.6 Å². The van der Waals surface area contributed by atoms with Crippen molar-refractivity contribution in [2.45, 2.75) is 58.0 Å². The van der Waals surface area contributed by atoms with Gasteiger partial charge in [0.25, 0.3) is 0 Å². The average Bonchev–Trinajstić information content (AvgIpc) is 2.83. The van der Waals surface area contributed by atoms with Crippen LogP contribution in [-0.4, -0.2) is 38.6 Å². The smallest absolute Gasteiger partial charge is 0.145 e. The number of ether oxygens (including phenoxy) is 1. The van der Waals surface area contributed by atoms with E-state index in [1.807, 2.05) is 6.92 Å². The zero-order valence-corrected chi connectivity index (χ0v) is 12.4. The Labute approximate surface area is 116 Å². The van der Waals surface area contributed by atoms with E-state index in [4.69, 9.17) is 9.57 Å². The van der Waals surface area contributed by atoms with Gasteiger partial charge in [-0.1, -0.05) is 24.4 Å². The molecule has 1 saturated carbocycles. The molecule has 2 aliphatic rings. The van der Waals surface area contributed by atoms with Gasteiger partial charge in [0.1, 0.15) is 6.10 Å². The largest absolute Gasteiger partial charge is 0.391 e. The number of nitrogens with one attached hydrogen (secondary N) is 1. The standard InChI is InChI=1S/C15H28N2O2/c1-13-10-14(19-17-13)11-16-12-15(8-9-18-2)6-4-3-5-7-15/h14,16H,3-12H2,1-2H3. The van der Waals surface area contributed by atoms with E-state index in [0.29, 0.717) is 5.41 Å². The summed E-state index contributed by atoms with van der Waals surface area (Å²) < 4.78 is 5.29. The summed E-state index contributed by atoms with van der Waals surface area (Å²) in [7, 11) is 1.80. The van der Waals surface area contributed by atoms with Gasteiger partial charge in [-0.15, -0.1) is 0 Å². The van der Waals surface area contributed by atoms with Crippen LogP contribution in [0.3, 0.4) is 0 Å². The third-order valence-corrected chi connectivity index (χ3v) is 4.50. The molecular weight excluding hydrogens is 240 g/mol. The van der Waals surface area contributed by atoms with Gasteiger partial charge in [-0.2, -0.15) is 0 Å². The zero-order valence-electron chi connectivity index (χ0n) is 12.4. The van der Waals surface area contributed by atoms with Crippen LogP contribution in [0.25, 0.3) is 0 Å². The van der Waals surface area contributed by atoms with E-state index in [-0.39, 0.29) is 6.10 Å². The Kier molecular flexibility index (Phi) is 5.64. The lowest BCUT2D eigenvalue weighted by molar-refractivity contribution is 0.0715. The summed E-state index contributed by atoms with van der Waals surface area (Å²) in [4.78, 5) is 5.37. The van der Waals surface area contributed by atoms with Crippen LogP contribution in [0.5, 0.6) is 0 Å². The number of rotatable bonds is 7. The number of oxime groups is 1. The highest BCUT2D eigenvalue weighted by molar-refractivity contribution is 5.82. The van der Waals surface area contributed by atoms with Crippen LogP contribution < -0.4 is 5.32 Å². The van der Waals surface area contributed by atoms with Crippen molar-refractivity contribution in [3.8, 4) is 0 Å². The van der Waals surface area contributed by atoms with Crippen molar-refractivity contribution in [3.63, 3.8) is 0 Å². The lowest BCUT2D eigenvalue weighted by Crippen LogP contribution is -2.40. The van der Waals surface area contributed by atoms with E-state index in [1.165, 1.54) is 38.5 Å². The first-order valence-corrected chi connectivity index (χ1v) is 7.63. The second kappa shape index (κ2) is 7.25. The van der Waals surface area contributed by atoms with Crippen LogP contribution in [0.15, 0.2) is 5.16 Å². The van der Waals surface area contributed by atoms with E-state index in [0.717, 1.165) is 31.8 Å². The minimum atomic E-state index is 0.239. The summed E-state index contributed by atoms with van der Waals surface area (Å²) in [5.74, 6) is 0. The van der Waals surface area contributed by atoms with Crippen molar-refractivity contribution in [3.05, 3.63) is 0 Å². The molecule has 1 heterocycles. The normalized spacial score (nSPS) is 26.0. The molecule has 19 heavy (non-hydrogen) atoms. The molecule has 1 unspecified atom stereocenters. The van der Waals surface area contributed by atoms with Crippen LogP contribution in [0.1, 0.15) is 51.9 Å². The highest BCUT2D eigenvalue weighted by Gasteiger charge is 2.31. The molecule has 1 N–H and O–H groups in total. The lowest BCUT2D eigenvalue weighted by atomic mass is 9.72. The van der Waals surface area contributed by atoms with Gasteiger partial charge >= 0.3 is 0 Å². The first kappa shape index (κ1) is 14.8. The summed E-state index contributed by atoms with van der Waals surface area (Å²) >= 11 is 0. The predicted molar refractivity (Wildman–Crippen MR) is 77.5 cm³/mol. The monoisotopic (exact) mass is 268 g/mol. The molecule has 0 spiro atoms. The van der Waals surface area contributed by atoms with Crippen molar-refractivity contribution in [1.82, 2.24) is 5.32 Å². The van der Waals surface area contributed by atoms with Crippen molar-refractivity contribution >= 4 is 5.71 Å². The Bertz CT molecular complexity index is 299. The highest BCUT2D eigenvalue weighted by Crippen LogP contribution is 2.38. The van der Waals surface area contributed by atoms with Crippen LogP contribution in [0.2, 0.25) is 0 Å². The molecule has 0 aromatic carbocycles. The van der Waals surface area contributed by atoms with Gasteiger partial charge < -0.3 is 14.9 Å². The number of hydrogen-bond acceptors (Lipinski definition) is 4. The molecular formula is C15H28N2O2.